The van der Waals surface area contributed by atoms with Gasteiger partial charge in [0.1, 0.15) is 17.0 Å². The van der Waals surface area contributed by atoms with E-state index in [0.29, 0.717) is 11.8 Å². The lowest BCUT2D eigenvalue weighted by Crippen LogP contribution is -2.00. The molecule has 0 spiro atoms. The van der Waals surface area contributed by atoms with Crippen molar-refractivity contribution >= 4 is 17.8 Å². The summed E-state index contributed by atoms with van der Waals surface area (Å²) >= 11 is 0.480. The zero-order valence-electron chi connectivity index (χ0n) is 15.6. The summed E-state index contributed by atoms with van der Waals surface area (Å²) in [6.07, 6.45) is 6.35. The summed E-state index contributed by atoms with van der Waals surface area (Å²) in [4.78, 5) is -0.282. The molecule has 0 aliphatic heterocycles. The summed E-state index contributed by atoms with van der Waals surface area (Å²) in [5.41, 5.74) is 5.19. The molecule has 2 unspecified atom stereocenters. The van der Waals surface area contributed by atoms with Gasteiger partial charge in [0.25, 0.3) is 0 Å². The predicted octanol–water partition coefficient (Wildman–Crippen LogP) is 6.12. The Morgan fingerprint density at radius 1 is 1.11 bits per heavy atom. The SMILES string of the molecule is CC1CC1Cc1ccc2c(c1)CCC(C#Cc1cc(F)c(SC#N)c(F)c1)=C2. The van der Waals surface area contributed by atoms with Crippen molar-refractivity contribution in [3.63, 3.8) is 0 Å². The number of halogens is 2. The molecule has 0 N–H and O–H groups in total. The molecule has 140 valence electrons. The Morgan fingerprint density at radius 2 is 1.86 bits per heavy atom. The van der Waals surface area contributed by atoms with Crippen molar-refractivity contribution in [2.45, 2.75) is 37.5 Å². The van der Waals surface area contributed by atoms with Gasteiger partial charge < -0.3 is 0 Å². The van der Waals surface area contributed by atoms with Crippen molar-refractivity contribution in [3.8, 4) is 17.2 Å². The van der Waals surface area contributed by atoms with Crippen molar-refractivity contribution in [2.24, 2.45) is 11.8 Å². The molecule has 1 fully saturated rings. The van der Waals surface area contributed by atoms with Gasteiger partial charge in [0.15, 0.2) is 0 Å². The summed E-state index contributed by atoms with van der Waals surface area (Å²) < 4.78 is 27.8. The summed E-state index contributed by atoms with van der Waals surface area (Å²) in [6, 6.07) is 9.03. The highest BCUT2D eigenvalue weighted by Gasteiger charge is 2.32. The Morgan fingerprint density at radius 3 is 2.54 bits per heavy atom. The molecule has 0 bridgehead atoms. The van der Waals surface area contributed by atoms with Crippen LogP contribution in [0.25, 0.3) is 6.08 Å². The van der Waals surface area contributed by atoms with E-state index >= 15 is 0 Å². The van der Waals surface area contributed by atoms with E-state index < -0.39 is 11.6 Å². The Balaban J connectivity index is 1.52. The van der Waals surface area contributed by atoms with Gasteiger partial charge in [0.2, 0.25) is 0 Å². The van der Waals surface area contributed by atoms with Crippen LogP contribution in [0.3, 0.4) is 0 Å². The van der Waals surface area contributed by atoms with Crippen LogP contribution in [0, 0.1) is 46.0 Å². The molecule has 2 aliphatic rings. The van der Waals surface area contributed by atoms with Crippen LogP contribution in [-0.2, 0) is 12.8 Å². The number of hydrogen-bond acceptors (Lipinski definition) is 2. The molecule has 1 saturated carbocycles. The second kappa shape index (κ2) is 7.82. The van der Waals surface area contributed by atoms with Gasteiger partial charge >= 0.3 is 0 Å². The van der Waals surface area contributed by atoms with E-state index in [1.807, 2.05) is 0 Å². The Hall–Kier alpha value is -2.56. The van der Waals surface area contributed by atoms with Crippen molar-refractivity contribution in [1.82, 2.24) is 0 Å². The lowest BCUT2D eigenvalue weighted by Gasteiger charge is -2.15. The van der Waals surface area contributed by atoms with Gasteiger partial charge in [-0.15, -0.1) is 0 Å². The Labute approximate surface area is 168 Å². The number of hydrogen-bond donors (Lipinski definition) is 0. The third kappa shape index (κ3) is 4.13. The lowest BCUT2D eigenvalue weighted by atomic mass is 9.90. The third-order valence-electron chi connectivity index (χ3n) is 5.49. The van der Waals surface area contributed by atoms with Gasteiger partial charge in [-0.05, 0) is 84.2 Å². The van der Waals surface area contributed by atoms with Crippen molar-refractivity contribution in [2.75, 3.05) is 0 Å². The zero-order chi connectivity index (χ0) is 19.7. The first kappa shape index (κ1) is 18.8. The maximum atomic E-state index is 13.9. The highest BCUT2D eigenvalue weighted by molar-refractivity contribution is 8.03. The van der Waals surface area contributed by atoms with Crippen molar-refractivity contribution < 1.29 is 8.78 Å². The molecule has 4 rings (SSSR count). The van der Waals surface area contributed by atoms with Gasteiger partial charge in [-0.1, -0.05) is 37.0 Å². The lowest BCUT2D eigenvalue weighted by molar-refractivity contribution is 0.540. The number of aryl methyl sites for hydroxylation is 1. The average molecular weight is 391 g/mol. The van der Waals surface area contributed by atoms with Crippen LogP contribution >= 0.6 is 11.8 Å². The fourth-order valence-corrected chi connectivity index (χ4v) is 4.09. The number of fused-ring (bicyclic) bond motifs is 1. The number of nitriles is 1. The molecule has 2 aliphatic carbocycles. The summed E-state index contributed by atoms with van der Waals surface area (Å²) in [5, 5.41) is 10.3. The summed E-state index contributed by atoms with van der Waals surface area (Å²) in [5.74, 6) is 6.11. The number of nitrogens with zero attached hydrogens (tertiary/aromatic N) is 1. The van der Waals surface area contributed by atoms with E-state index in [4.69, 9.17) is 5.26 Å². The maximum absolute atomic E-state index is 13.9. The van der Waals surface area contributed by atoms with Gasteiger partial charge in [-0.25, -0.2) is 8.78 Å². The number of benzene rings is 2. The topological polar surface area (TPSA) is 23.8 Å². The van der Waals surface area contributed by atoms with Crippen LogP contribution in [0.2, 0.25) is 0 Å². The second-order valence-corrected chi connectivity index (χ2v) is 8.39. The molecule has 2 aromatic rings. The minimum absolute atomic E-state index is 0.276. The molecule has 0 saturated heterocycles. The van der Waals surface area contributed by atoms with Gasteiger partial charge in [0.05, 0.1) is 4.90 Å². The summed E-state index contributed by atoms with van der Waals surface area (Å²) in [6.45, 7) is 2.31. The molecule has 1 nitrogen and oxygen atoms in total. The van der Waals surface area contributed by atoms with E-state index in [1.165, 1.54) is 41.7 Å². The van der Waals surface area contributed by atoms with Gasteiger partial charge in [0, 0.05) is 11.1 Å². The predicted molar refractivity (Wildman–Crippen MR) is 108 cm³/mol. The van der Waals surface area contributed by atoms with E-state index in [9.17, 15) is 8.78 Å². The molecular weight excluding hydrogens is 372 g/mol. The van der Waals surface area contributed by atoms with Crippen LogP contribution in [0.15, 0.2) is 40.8 Å². The van der Waals surface area contributed by atoms with Crippen LogP contribution in [-0.4, -0.2) is 0 Å². The standard InChI is InChI=1S/C24H19F2NS/c1-15-8-21(15)11-17-5-7-19-9-16(4-6-20(19)10-17)2-3-18-12-22(25)24(28-14-27)23(26)13-18/h5,7,9-10,12-13,15,21H,4,6,8,11H2,1H3. The monoisotopic (exact) mass is 391 g/mol. The zero-order valence-corrected chi connectivity index (χ0v) is 16.4. The van der Waals surface area contributed by atoms with Gasteiger partial charge in [-0.2, -0.15) is 5.26 Å². The largest absolute Gasteiger partial charge is 0.206 e. The molecular formula is C24H19F2NS. The van der Waals surface area contributed by atoms with E-state index in [2.05, 4.69) is 43.0 Å². The highest BCUT2D eigenvalue weighted by Crippen LogP contribution is 2.40. The second-order valence-electron chi connectivity index (χ2n) is 7.59. The number of allylic oxidation sites excluding steroid dienone is 1. The Kier molecular flexibility index (Phi) is 5.25. The molecule has 0 aromatic heterocycles. The van der Waals surface area contributed by atoms with Crippen LogP contribution < -0.4 is 0 Å². The van der Waals surface area contributed by atoms with E-state index in [1.54, 1.807) is 5.40 Å². The first-order valence-electron chi connectivity index (χ1n) is 9.43. The first-order chi connectivity index (χ1) is 13.5. The van der Waals surface area contributed by atoms with E-state index in [-0.39, 0.29) is 10.5 Å². The van der Waals surface area contributed by atoms with Crippen molar-refractivity contribution in [1.29, 1.82) is 5.26 Å². The highest BCUT2D eigenvalue weighted by atomic mass is 32.2. The van der Waals surface area contributed by atoms with Crippen molar-refractivity contribution in [3.05, 3.63) is 69.8 Å². The molecule has 2 atom stereocenters. The minimum atomic E-state index is -0.753. The summed E-state index contributed by atoms with van der Waals surface area (Å²) in [7, 11) is 0. The average Bonchev–Trinajstić information content (AvgIpc) is 3.37. The Bertz CT molecular complexity index is 1050. The first-order valence-corrected chi connectivity index (χ1v) is 10.2. The number of thiocyanates is 1. The number of rotatable bonds is 3. The fraction of sp³-hybridized carbons (Fsp3) is 0.292. The van der Waals surface area contributed by atoms with Gasteiger partial charge in [-0.3, -0.25) is 0 Å². The molecule has 2 aromatic carbocycles. The molecule has 0 amide bonds. The molecule has 0 radical (unpaired) electrons. The quantitative estimate of drug-likeness (QED) is 0.358. The molecule has 28 heavy (non-hydrogen) atoms. The fourth-order valence-electron chi connectivity index (χ4n) is 3.69. The maximum Gasteiger partial charge on any atom is 0.142 e. The van der Waals surface area contributed by atoms with E-state index in [0.717, 1.165) is 30.3 Å². The van der Waals surface area contributed by atoms with Crippen LogP contribution in [0.5, 0.6) is 0 Å². The van der Waals surface area contributed by atoms with Crippen LogP contribution in [0.1, 0.15) is 42.0 Å². The molecule has 4 heteroatoms. The minimum Gasteiger partial charge on any atom is -0.206 e. The molecule has 0 heterocycles. The normalized spacial score (nSPS) is 19.7. The smallest absolute Gasteiger partial charge is 0.142 e. The third-order valence-corrected chi connectivity index (χ3v) is 6.17. The van der Waals surface area contributed by atoms with Crippen LogP contribution in [0.4, 0.5) is 8.78 Å². The number of thioether (sulfide) groups is 1.